The van der Waals surface area contributed by atoms with E-state index in [2.05, 4.69) is 31.1 Å². The van der Waals surface area contributed by atoms with Crippen molar-refractivity contribution in [1.29, 1.82) is 0 Å². The van der Waals surface area contributed by atoms with Crippen molar-refractivity contribution >= 4 is 32.9 Å². The van der Waals surface area contributed by atoms with E-state index in [1.165, 1.54) is 4.57 Å². The molecule has 5 rings (SSSR count). The van der Waals surface area contributed by atoms with Crippen molar-refractivity contribution in [3.63, 3.8) is 0 Å². The van der Waals surface area contributed by atoms with E-state index in [-0.39, 0.29) is 0 Å². The molecule has 1 N–H and O–H groups in total. The SMILES string of the molecule is Cc1ccccc1Cn1c2c(=O)[nH]c(=O)n(C)c2n2c(-c3ccc(Br)cc3)nnc12. The lowest BCUT2D eigenvalue weighted by Crippen LogP contribution is -2.29. The van der Waals surface area contributed by atoms with Crippen LogP contribution in [0.25, 0.3) is 28.3 Å². The number of fused-ring (bicyclic) bond motifs is 3. The minimum Gasteiger partial charge on any atom is -0.298 e. The Hall–Kier alpha value is -3.46. The Morgan fingerprint density at radius 2 is 1.77 bits per heavy atom. The molecule has 30 heavy (non-hydrogen) atoms. The molecule has 3 heterocycles. The average Bonchev–Trinajstić information content (AvgIpc) is 3.28. The summed E-state index contributed by atoms with van der Waals surface area (Å²) in [5.41, 5.74) is 2.88. The number of nitrogens with one attached hydrogen (secondary N) is 1. The minimum atomic E-state index is -0.488. The van der Waals surface area contributed by atoms with Crippen molar-refractivity contribution in [2.75, 3.05) is 0 Å². The lowest BCUT2D eigenvalue weighted by atomic mass is 10.1. The third kappa shape index (κ3) is 2.73. The maximum Gasteiger partial charge on any atom is 0.329 e. The number of halogens is 1. The number of hydrogen-bond acceptors (Lipinski definition) is 4. The van der Waals surface area contributed by atoms with Crippen LogP contribution < -0.4 is 11.2 Å². The molecule has 3 aromatic heterocycles. The Balaban J connectivity index is 1.89. The van der Waals surface area contributed by atoms with E-state index in [9.17, 15) is 9.59 Å². The van der Waals surface area contributed by atoms with Crippen molar-refractivity contribution in [2.24, 2.45) is 7.05 Å². The number of aryl methyl sites for hydroxylation is 2. The Labute approximate surface area is 178 Å². The van der Waals surface area contributed by atoms with Crippen molar-refractivity contribution < 1.29 is 0 Å². The van der Waals surface area contributed by atoms with E-state index in [1.807, 2.05) is 60.0 Å². The molecule has 0 amide bonds. The molecule has 0 unspecified atom stereocenters. The van der Waals surface area contributed by atoms with Crippen LogP contribution in [0.1, 0.15) is 11.1 Å². The van der Waals surface area contributed by atoms with Crippen LogP contribution in [0, 0.1) is 6.92 Å². The van der Waals surface area contributed by atoms with Crippen LogP contribution in [0.15, 0.2) is 62.6 Å². The van der Waals surface area contributed by atoms with Gasteiger partial charge in [-0.05, 0) is 30.2 Å². The molecule has 9 heteroatoms. The molecule has 150 valence electrons. The van der Waals surface area contributed by atoms with Crippen LogP contribution in [0.5, 0.6) is 0 Å². The lowest BCUT2D eigenvalue weighted by Gasteiger charge is -2.07. The van der Waals surface area contributed by atoms with Gasteiger partial charge in [0.05, 0.1) is 6.54 Å². The first-order chi connectivity index (χ1) is 14.5. The second-order valence-electron chi connectivity index (χ2n) is 7.17. The fourth-order valence-electron chi connectivity index (χ4n) is 3.74. The summed E-state index contributed by atoms with van der Waals surface area (Å²) in [5, 5.41) is 8.77. The summed E-state index contributed by atoms with van der Waals surface area (Å²) in [6, 6.07) is 15.6. The minimum absolute atomic E-state index is 0.378. The summed E-state index contributed by atoms with van der Waals surface area (Å²) in [6.45, 7) is 2.45. The van der Waals surface area contributed by atoms with Gasteiger partial charge in [-0.3, -0.25) is 18.9 Å². The normalized spacial score (nSPS) is 11.6. The smallest absolute Gasteiger partial charge is 0.298 e. The van der Waals surface area contributed by atoms with Gasteiger partial charge in [0.15, 0.2) is 17.0 Å². The van der Waals surface area contributed by atoms with E-state index in [4.69, 9.17) is 0 Å². The molecule has 0 fully saturated rings. The molecule has 0 saturated carbocycles. The number of benzene rings is 2. The third-order valence-corrected chi connectivity index (χ3v) is 5.86. The van der Waals surface area contributed by atoms with Crippen LogP contribution in [-0.4, -0.2) is 28.7 Å². The zero-order valence-electron chi connectivity index (χ0n) is 16.3. The van der Waals surface area contributed by atoms with Crippen molar-refractivity contribution in [3.8, 4) is 11.4 Å². The van der Waals surface area contributed by atoms with E-state index >= 15 is 0 Å². The molecule has 0 saturated heterocycles. The number of aromatic amines is 1. The van der Waals surface area contributed by atoms with Crippen molar-refractivity contribution in [1.82, 2.24) is 28.7 Å². The summed E-state index contributed by atoms with van der Waals surface area (Å²) in [5.74, 6) is 1.06. The van der Waals surface area contributed by atoms with E-state index in [0.717, 1.165) is 21.2 Å². The van der Waals surface area contributed by atoms with Gasteiger partial charge in [-0.25, -0.2) is 9.20 Å². The van der Waals surface area contributed by atoms with Gasteiger partial charge in [0, 0.05) is 17.1 Å². The molecule has 8 nitrogen and oxygen atoms in total. The zero-order chi connectivity index (χ0) is 21.0. The van der Waals surface area contributed by atoms with Crippen LogP contribution in [0.3, 0.4) is 0 Å². The summed E-state index contributed by atoms with van der Waals surface area (Å²) in [7, 11) is 1.63. The number of rotatable bonds is 3. The standard InChI is InChI=1S/C21H17BrN6O2/c1-12-5-3-4-6-14(12)11-27-16-18(29)23-21(30)26(2)19(16)28-17(24-25-20(27)28)13-7-9-15(22)10-8-13/h3-10H,11H2,1-2H3,(H,23,29,30). The predicted octanol–water partition coefficient (Wildman–Crippen LogP) is 2.86. The monoisotopic (exact) mass is 464 g/mol. The molecule has 0 spiro atoms. The first kappa shape index (κ1) is 18.6. The topological polar surface area (TPSA) is 90.0 Å². The molecule has 2 aromatic carbocycles. The van der Waals surface area contributed by atoms with Crippen LogP contribution >= 0.6 is 15.9 Å². The third-order valence-electron chi connectivity index (χ3n) is 5.33. The van der Waals surface area contributed by atoms with E-state index < -0.39 is 11.2 Å². The molecule has 0 aliphatic heterocycles. The Bertz CT molecular complexity index is 1540. The largest absolute Gasteiger partial charge is 0.329 e. The Kier molecular flexibility index (Phi) is 4.21. The average molecular weight is 465 g/mol. The van der Waals surface area contributed by atoms with Crippen LogP contribution in [-0.2, 0) is 13.6 Å². The molecule has 0 atom stereocenters. The first-order valence-electron chi connectivity index (χ1n) is 9.33. The second kappa shape index (κ2) is 6.81. The molecule has 0 aliphatic rings. The van der Waals surface area contributed by atoms with E-state index in [0.29, 0.717) is 29.3 Å². The fraction of sp³-hybridized carbons (Fsp3) is 0.143. The zero-order valence-corrected chi connectivity index (χ0v) is 17.8. The molecule has 0 aliphatic carbocycles. The number of aromatic nitrogens is 6. The van der Waals surface area contributed by atoms with Gasteiger partial charge in [-0.1, -0.05) is 52.3 Å². The highest BCUT2D eigenvalue weighted by Gasteiger charge is 2.23. The van der Waals surface area contributed by atoms with Gasteiger partial charge >= 0.3 is 5.69 Å². The molecular formula is C21H17BrN6O2. The maximum absolute atomic E-state index is 12.9. The molecule has 5 aromatic rings. The summed E-state index contributed by atoms with van der Waals surface area (Å²) in [4.78, 5) is 27.6. The number of nitrogens with zero attached hydrogens (tertiary/aromatic N) is 5. The predicted molar refractivity (Wildman–Crippen MR) is 118 cm³/mol. The fourth-order valence-corrected chi connectivity index (χ4v) is 4.00. The second-order valence-corrected chi connectivity index (χ2v) is 8.08. The van der Waals surface area contributed by atoms with Gasteiger partial charge < -0.3 is 0 Å². The highest BCUT2D eigenvalue weighted by atomic mass is 79.9. The number of H-pyrrole nitrogens is 1. The summed E-state index contributed by atoms with van der Waals surface area (Å²) in [6.07, 6.45) is 0. The van der Waals surface area contributed by atoms with E-state index in [1.54, 1.807) is 11.4 Å². The summed E-state index contributed by atoms with van der Waals surface area (Å²) >= 11 is 3.44. The molecular weight excluding hydrogens is 448 g/mol. The van der Waals surface area contributed by atoms with Crippen LogP contribution in [0.4, 0.5) is 0 Å². The first-order valence-corrected chi connectivity index (χ1v) is 10.1. The Morgan fingerprint density at radius 1 is 1.03 bits per heavy atom. The number of hydrogen-bond donors (Lipinski definition) is 1. The van der Waals surface area contributed by atoms with Crippen molar-refractivity contribution in [3.05, 3.63) is 85.0 Å². The quantitative estimate of drug-likeness (QED) is 0.444. The van der Waals surface area contributed by atoms with Gasteiger partial charge in [0.25, 0.3) is 5.56 Å². The lowest BCUT2D eigenvalue weighted by molar-refractivity contribution is 0.807. The number of imidazole rings is 1. The van der Waals surface area contributed by atoms with Gasteiger partial charge in [-0.15, -0.1) is 10.2 Å². The Morgan fingerprint density at radius 3 is 2.50 bits per heavy atom. The summed E-state index contributed by atoms with van der Waals surface area (Å²) < 4.78 is 5.95. The van der Waals surface area contributed by atoms with Crippen LogP contribution in [0.2, 0.25) is 0 Å². The highest BCUT2D eigenvalue weighted by Crippen LogP contribution is 2.26. The highest BCUT2D eigenvalue weighted by molar-refractivity contribution is 9.10. The molecule has 0 bridgehead atoms. The van der Waals surface area contributed by atoms with Gasteiger partial charge in [-0.2, -0.15) is 0 Å². The molecule has 0 radical (unpaired) electrons. The van der Waals surface area contributed by atoms with Gasteiger partial charge in [0.2, 0.25) is 5.78 Å². The van der Waals surface area contributed by atoms with Crippen molar-refractivity contribution in [2.45, 2.75) is 13.5 Å². The maximum atomic E-state index is 12.9. The van der Waals surface area contributed by atoms with Gasteiger partial charge in [0.1, 0.15) is 0 Å².